The number of rotatable bonds is 3. The quantitative estimate of drug-likeness (QED) is 0.688. The number of aryl methyl sites for hydroxylation is 1. The average Bonchev–Trinajstić information content (AvgIpc) is 2.61. The smallest absolute Gasteiger partial charge is 0.394 e. The summed E-state index contributed by atoms with van der Waals surface area (Å²) in [4.78, 5) is 32.8. The van der Waals surface area contributed by atoms with Crippen LogP contribution in [0.15, 0.2) is 6.07 Å². The van der Waals surface area contributed by atoms with E-state index in [-0.39, 0.29) is 10.6 Å². The summed E-state index contributed by atoms with van der Waals surface area (Å²) >= 11 is 1.06. The van der Waals surface area contributed by atoms with Gasteiger partial charge in [0.15, 0.2) is 0 Å². The molecule has 16 heavy (non-hydrogen) atoms. The van der Waals surface area contributed by atoms with E-state index in [1.165, 1.54) is 6.07 Å². The average molecular weight is 243 g/mol. The molecule has 1 aromatic rings. The fraction of sp³-hybridized carbons (Fsp3) is 0.222. The summed E-state index contributed by atoms with van der Waals surface area (Å²) in [6.45, 7) is 1.83. The molecule has 86 valence electrons. The third-order valence-electron chi connectivity index (χ3n) is 1.78. The summed E-state index contributed by atoms with van der Waals surface area (Å²) in [5.74, 6) is -4.09. The lowest BCUT2D eigenvalue weighted by molar-refractivity contribution is -0.147. The zero-order chi connectivity index (χ0) is 12.3. The number of amides is 1. The van der Waals surface area contributed by atoms with Gasteiger partial charge in [-0.05, 0) is 12.5 Å². The minimum absolute atomic E-state index is 0.0525. The zero-order valence-electron chi connectivity index (χ0n) is 8.31. The van der Waals surface area contributed by atoms with E-state index in [2.05, 4.69) is 0 Å². The number of thiophene rings is 1. The van der Waals surface area contributed by atoms with Crippen molar-refractivity contribution in [2.24, 2.45) is 0 Å². The maximum atomic E-state index is 10.9. The number of aliphatic carboxylic acids is 1. The van der Waals surface area contributed by atoms with Gasteiger partial charge < -0.3 is 15.5 Å². The van der Waals surface area contributed by atoms with Gasteiger partial charge in [-0.1, -0.05) is 6.92 Å². The number of carboxylic acid groups (broad SMARTS) is 2. The van der Waals surface area contributed by atoms with Crippen LogP contribution in [-0.2, 0) is 16.0 Å². The van der Waals surface area contributed by atoms with Gasteiger partial charge in [-0.15, -0.1) is 11.3 Å². The Morgan fingerprint density at radius 2 is 2.00 bits per heavy atom. The molecule has 0 bridgehead atoms. The highest BCUT2D eigenvalue weighted by Gasteiger charge is 2.19. The Labute approximate surface area is 94.5 Å². The van der Waals surface area contributed by atoms with Gasteiger partial charge in [-0.2, -0.15) is 0 Å². The SMILES string of the molecule is CCc1cc(C(=O)O)c(NC(=O)C(=O)O)s1. The highest BCUT2D eigenvalue weighted by Crippen LogP contribution is 2.28. The molecule has 0 atom stereocenters. The van der Waals surface area contributed by atoms with Crippen LogP contribution in [0.25, 0.3) is 0 Å². The maximum absolute atomic E-state index is 10.9. The second kappa shape index (κ2) is 4.75. The van der Waals surface area contributed by atoms with Gasteiger partial charge >= 0.3 is 17.8 Å². The number of hydrogen-bond acceptors (Lipinski definition) is 4. The van der Waals surface area contributed by atoms with Gasteiger partial charge in [-0.25, -0.2) is 9.59 Å². The minimum Gasteiger partial charge on any atom is -0.478 e. The summed E-state index contributed by atoms with van der Waals surface area (Å²) in [5.41, 5.74) is -0.0866. The van der Waals surface area contributed by atoms with Gasteiger partial charge in [0.05, 0.1) is 5.56 Å². The zero-order valence-corrected chi connectivity index (χ0v) is 9.13. The molecule has 6 nitrogen and oxygen atoms in total. The fourth-order valence-electron chi connectivity index (χ4n) is 1.02. The van der Waals surface area contributed by atoms with Crippen LogP contribution in [0.4, 0.5) is 5.00 Å². The molecule has 0 saturated carbocycles. The van der Waals surface area contributed by atoms with E-state index in [1.54, 1.807) is 0 Å². The van der Waals surface area contributed by atoms with E-state index in [1.807, 2.05) is 12.2 Å². The van der Waals surface area contributed by atoms with Crippen LogP contribution in [0.5, 0.6) is 0 Å². The van der Waals surface area contributed by atoms with E-state index in [0.717, 1.165) is 16.2 Å². The molecular formula is C9H9NO5S. The lowest BCUT2D eigenvalue weighted by atomic mass is 10.2. The van der Waals surface area contributed by atoms with Crippen LogP contribution in [0.2, 0.25) is 0 Å². The van der Waals surface area contributed by atoms with E-state index in [4.69, 9.17) is 10.2 Å². The molecule has 3 N–H and O–H groups in total. The Balaban J connectivity index is 3.02. The molecule has 0 aliphatic heterocycles. The topological polar surface area (TPSA) is 104 Å². The van der Waals surface area contributed by atoms with Crippen LogP contribution in [0.1, 0.15) is 22.2 Å². The number of nitrogens with one attached hydrogen (secondary N) is 1. The highest BCUT2D eigenvalue weighted by atomic mass is 32.1. The summed E-state index contributed by atoms with van der Waals surface area (Å²) in [5, 5.41) is 19.3. The molecule has 1 rings (SSSR count). The van der Waals surface area contributed by atoms with Gasteiger partial charge in [-0.3, -0.25) is 4.79 Å². The Kier molecular flexibility index (Phi) is 3.62. The molecule has 0 unspecified atom stereocenters. The molecule has 0 radical (unpaired) electrons. The van der Waals surface area contributed by atoms with E-state index in [0.29, 0.717) is 6.42 Å². The van der Waals surface area contributed by atoms with Crippen LogP contribution in [-0.4, -0.2) is 28.1 Å². The van der Waals surface area contributed by atoms with Crippen molar-refractivity contribution >= 4 is 34.2 Å². The molecule has 0 aliphatic rings. The van der Waals surface area contributed by atoms with Crippen molar-refractivity contribution in [2.45, 2.75) is 13.3 Å². The first-order valence-electron chi connectivity index (χ1n) is 4.36. The first kappa shape index (κ1) is 12.2. The molecule has 0 fully saturated rings. The summed E-state index contributed by atoms with van der Waals surface area (Å²) in [7, 11) is 0. The number of carboxylic acids is 2. The lowest BCUT2D eigenvalue weighted by Gasteiger charge is -1.99. The molecule has 0 spiro atoms. The van der Waals surface area contributed by atoms with Gasteiger partial charge in [0.2, 0.25) is 0 Å². The monoisotopic (exact) mass is 243 g/mol. The van der Waals surface area contributed by atoms with E-state index >= 15 is 0 Å². The normalized spacial score (nSPS) is 9.81. The van der Waals surface area contributed by atoms with Crippen molar-refractivity contribution in [3.63, 3.8) is 0 Å². The molecule has 1 amide bonds. The van der Waals surface area contributed by atoms with Gasteiger partial charge in [0, 0.05) is 4.88 Å². The van der Waals surface area contributed by atoms with Crippen LogP contribution in [0.3, 0.4) is 0 Å². The predicted octanol–water partition coefficient (Wildman–Crippen LogP) is 1.03. The van der Waals surface area contributed by atoms with Gasteiger partial charge in [0.25, 0.3) is 0 Å². The third kappa shape index (κ3) is 2.57. The van der Waals surface area contributed by atoms with E-state index < -0.39 is 17.8 Å². The van der Waals surface area contributed by atoms with Crippen molar-refractivity contribution in [1.82, 2.24) is 0 Å². The van der Waals surface area contributed by atoms with Crippen LogP contribution >= 0.6 is 11.3 Å². The fourth-order valence-corrected chi connectivity index (χ4v) is 2.01. The second-order valence-electron chi connectivity index (χ2n) is 2.87. The third-order valence-corrected chi connectivity index (χ3v) is 2.98. The van der Waals surface area contributed by atoms with Crippen molar-refractivity contribution in [3.8, 4) is 0 Å². The van der Waals surface area contributed by atoms with E-state index in [9.17, 15) is 14.4 Å². The summed E-state index contributed by atoms with van der Waals surface area (Å²) in [6.07, 6.45) is 0.619. The summed E-state index contributed by atoms with van der Waals surface area (Å²) in [6, 6.07) is 1.42. The molecule has 0 aliphatic carbocycles. The summed E-state index contributed by atoms with van der Waals surface area (Å²) < 4.78 is 0. The number of anilines is 1. The first-order chi connectivity index (χ1) is 7.45. The van der Waals surface area contributed by atoms with Crippen molar-refractivity contribution < 1.29 is 24.6 Å². The first-order valence-corrected chi connectivity index (χ1v) is 5.17. The largest absolute Gasteiger partial charge is 0.478 e. The van der Waals surface area contributed by atoms with Crippen LogP contribution < -0.4 is 5.32 Å². The minimum atomic E-state index is -1.65. The standard InChI is InChI=1S/C9H9NO5S/c1-2-4-3-5(8(12)13)7(16-4)10-6(11)9(14)15/h3H,2H2,1H3,(H,10,11)(H,12,13)(H,14,15). The Bertz CT molecular complexity index is 451. The highest BCUT2D eigenvalue weighted by molar-refractivity contribution is 7.16. The number of carbonyl (C=O) groups excluding carboxylic acids is 1. The molecule has 1 heterocycles. The molecular weight excluding hydrogens is 234 g/mol. The number of carbonyl (C=O) groups is 3. The lowest BCUT2D eigenvalue weighted by Crippen LogP contribution is -2.22. The molecule has 0 saturated heterocycles. The van der Waals surface area contributed by atoms with Crippen LogP contribution in [0, 0.1) is 0 Å². The predicted molar refractivity (Wildman–Crippen MR) is 56.9 cm³/mol. The second-order valence-corrected chi connectivity index (χ2v) is 4.01. The number of hydrogen-bond donors (Lipinski definition) is 3. The molecule has 7 heteroatoms. The van der Waals surface area contributed by atoms with Crippen molar-refractivity contribution in [3.05, 3.63) is 16.5 Å². The maximum Gasteiger partial charge on any atom is 0.394 e. The Morgan fingerprint density at radius 3 is 2.44 bits per heavy atom. The van der Waals surface area contributed by atoms with Gasteiger partial charge in [0.1, 0.15) is 5.00 Å². The number of aromatic carboxylic acids is 1. The molecule has 1 aromatic heterocycles. The van der Waals surface area contributed by atoms with Crippen molar-refractivity contribution in [1.29, 1.82) is 0 Å². The Hall–Kier alpha value is -1.89. The Morgan fingerprint density at radius 1 is 1.38 bits per heavy atom. The van der Waals surface area contributed by atoms with Crippen molar-refractivity contribution in [2.75, 3.05) is 5.32 Å². The molecule has 0 aromatic carbocycles.